The number of hydrogen-bond donors (Lipinski definition) is 0. The minimum Gasteiger partial charge on any atom is -1.00 e. The maximum Gasteiger partial charge on any atom is 0.245 e. The predicted octanol–water partition coefficient (Wildman–Crippen LogP) is -0.0878. The van der Waals surface area contributed by atoms with Crippen molar-refractivity contribution in [2.75, 3.05) is 27.2 Å². The molecular weight excluding hydrogens is 252 g/mol. The van der Waals surface area contributed by atoms with Crippen molar-refractivity contribution in [3.63, 3.8) is 0 Å². The van der Waals surface area contributed by atoms with E-state index in [0.717, 1.165) is 30.9 Å². The van der Waals surface area contributed by atoms with Gasteiger partial charge in [0, 0.05) is 6.42 Å². The molecule has 0 aliphatic rings. The van der Waals surface area contributed by atoms with E-state index in [9.17, 15) is 8.78 Å². The van der Waals surface area contributed by atoms with Crippen molar-refractivity contribution >= 4 is 0 Å². The monoisotopic (exact) mass is 273 g/mol. The normalized spacial score (nSPS) is 12.4. The number of unbranched alkanes of at least 4 members (excludes halogenated alkanes) is 1. The van der Waals surface area contributed by atoms with Crippen LogP contribution in [-0.2, 0) is 0 Å². The van der Waals surface area contributed by atoms with Gasteiger partial charge < -0.3 is 21.5 Å². The quantitative estimate of drug-likeness (QED) is 0.469. The van der Waals surface area contributed by atoms with Crippen molar-refractivity contribution in [2.24, 2.45) is 0 Å². The highest BCUT2D eigenvalue weighted by atomic mass is 79.9. The molecule has 1 nitrogen and oxygen atoms in total. The third-order valence-electron chi connectivity index (χ3n) is 2.49. The van der Waals surface area contributed by atoms with Gasteiger partial charge in [-0.05, 0) is 26.7 Å². The molecule has 0 aromatic heterocycles. The van der Waals surface area contributed by atoms with Crippen LogP contribution in [0.5, 0.6) is 0 Å². The first kappa shape index (κ1) is 16.7. The number of alkyl halides is 2. The van der Waals surface area contributed by atoms with E-state index in [1.807, 2.05) is 0 Å². The molecule has 0 unspecified atom stereocenters. The number of nitrogens with zero attached hydrogens (tertiary/aromatic N) is 1. The molecule has 88 valence electrons. The molecule has 0 aliphatic carbocycles. The Morgan fingerprint density at radius 3 is 2.00 bits per heavy atom. The molecule has 0 heterocycles. The average molecular weight is 274 g/mol. The van der Waals surface area contributed by atoms with Gasteiger partial charge >= 0.3 is 0 Å². The lowest BCUT2D eigenvalue weighted by molar-refractivity contribution is -0.888. The van der Waals surface area contributed by atoms with Crippen molar-refractivity contribution in [3.05, 3.63) is 0 Å². The summed E-state index contributed by atoms with van der Waals surface area (Å²) in [6, 6.07) is 0. The first-order valence-corrected chi connectivity index (χ1v) is 4.97. The molecule has 0 bridgehead atoms. The van der Waals surface area contributed by atoms with Crippen LogP contribution in [0.1, 0.15) is 33.1 Å². The van der Waals surface area contributed by atoms with Gasteiger partial charge in [-0.25, -0.2) is 8.78 Å². The molecule has 0 fully saturated rings. The zero-order chi connectivity index (χ0) is 10.5. The van der Waals surface area contributed by atoms with E-state index in [2.05, 4.69) is 21.0 Å². The summed E-state index contributed by atoms with van der Waals surface area (Å²) in [5, 5.41) is 0. The molecule has 0 rings (SSSR count). The maximum atomic E-state index is 12.4. The number of quaternary nitrogens is 1. The molecule has 0 aliphatic heterocycles. The molecule has 0 aromatic rings. The van der Waals surface area contributed by atoms with Gasteiger partial charge in [0.15, 0.2) is 0 Å². The van der Waals surface area contributed by atoms with E-state index in [-0.39, 0.29) is 23.4 Å². The summed E-state index contributed by atoms with van der Waals surface area (Å²) < 4.78 is 25.8. The Bertz CT molecular complexity index is 144. The highest BCUT2D eigenvalue weighted by molar-refractivity contribution is 4.57. The van der Waals surface area contributed by atoms with Crippen molar-refractivity contribution in [1.82, 2.24) is 0 Å². The topological polar surface area (TPSA) is 0 Å². The van der Waals surface area contributed by atoms with Gasteiger partial charge in [-0.1, -0.05) is 0 Å². The van der Waals surface area contributed by atoms with Crippen LogP contribution in [0, 0.1) is 0 Å². The standard InChI is InChI=1S/C10H22F2N.BrH/c1-5-13(3,4)9-7-6-8-10(2,11)12;/h5-9H2,1-4H3;1H/q+1;/p-1. The van der Waals surface area contributed by atoms with Crippen LogP contribution < -0.4 is 17.0 Å². The minimum absolute atomic E-state index is 0. The van der Waals surface area contributed by atoms with Gasteiger partial charge in [0.2, 0.25) is 5.92 Å². The zero-order valence-electron chi connectivity index (χ0n) is 9.62. The summed E-state index contributed by atoms with van der Waals surface area (Å²) >= 11 is 0. The van der Waals surface area contributed by atoms with Gasteiger partial charge in [-0.2, -0.15) is 0 Å². The largest absolute Gasteiger partial charge is 1.00 e. The van der Waals surface area contributed by atoms with E-state index >= 15 is 0 Å². The van der Waals surface area contributed by atoms with Crippen LogP contribution in [0.4, 0.5) is 8.78 Å². The second kappa shape index (κ2) is 6.72. The van der Waals surface area contributed by atoms with E-state index in [1.54, 1.807) is 0 Å². The summed E-state index contributed by atoms with van der Waals surface area (Å²) in [5.74, 6) is -2.48. The molecule has 0 amide bonds. The molecule has 0 N–H and O–H groups in total. The lowest BCUT2D eigenvalue weighted by atomic mass is 10.1. The Kier molecular flexibility index (Phi) is 8.03. The minimum atomic E-state index is -2.48. The van der Waals surface area contributed by atoms with Crippen molar-refractivity contribution in [3.8, 4) is 0 Å². The Balaban J connectivity index is 0. The zero-order valence-corrected chi connectivity index (χ0v) is 11.2. The van der Waals surface area contributed by atoms with Gasteiger partial charge in [0.05, 0.1) is 27.2 Å². The van der Waals surface area contributed by atoms with E-state index in [1.165, 1.54) is 0 Å². The lowest BCUT2D eigenvalue weighted by Crippen LogP contribution is -3.00. The third-order valence-corrected chi connectivity index (χ3v) is 2.49. The molecule has 14 heavy (non-hydrogen) atoms. The molecule has 0 atom stereocenters. The Labute approximate surface area is 96.8 Å². The summed E-state index contributed by atoms with van der Waals surface area (Å²) in [6.07, 6.45) is 1.55. The Morgan fingerprint density at radius 2 is 1.64 bits per heavy atom. The number of halogens is 3. The van der Waals surface area contributed by atoms with Crippen LogP contribution in [0.15, 0.2) is 0 Å². The second-order valence-corrected chi connectivity index (χ2v) is 4.50. The Hall–Kier alpha value is 0.300. The number of rotatable bonds is 6. The summed E-state index contributed by atoms with van der Waals surface area (Å²) in [4.78, 5) is 0. The highest BCUT2D eigenvalue weighted by Crippen LogP contribution is 2.19. The summed E-state index contributed by atoms with van der Waals surface area (Å²) in [6.45, 7) is 5.16. The molecule has 0 radical (unpaired) electrons. The molecule has 0 spiro atoms. The molecule has 4 heteroatoms. The van der Waals surface area contributed by atoms with Crippen molar-refractivity contribution in [2.45, 2.75) is 39.0 Å². The molecule has 0 saturated heterocycles. The fraction of sp³-hybridized carbons (Fsp3) is 1.00. The SMILES string of the molecule is CC[N+](C)(C)CCCCC(C)(F)F.[Br-]. The van der Waals surface area contributed by atoms with Gasteiger partial charge in [0.1, 0.15) is 0 Å². The van der Waals surface area contributed by atoms with Crippen LogP contribution in [0.2, 0.25) is 0 Å². The van der Waals surface area contributed by atoms with E-state index < -0.39 is 5.92 Å². The van der Waals surface area contributed by atoms with Gasteiger partial charge in [-0.15, -0.1) is 0 Å². The Morgan fingerprint density at radius 1 is 1.14 bits per heavy atom. The summed E-state index contributed by atoms with van der Waals surface area (Å²) in [5.41, 5.74) is 0. The fourth-order valence-corrected chi connectivity index (χ4v) is 1.13. The van der Waals surface area contributed by atoms with Crippen LogP contribution >= 0.6 is 0 Å². The van der Waals surface area contributed by atoms with Crippen LogP contribution in [-0.4, -0.2) is 37.6 Å². The third kappa shape index (κ3) is 10.4. The molecular formula is C10H22BrF2N. The first-order valence-electron chi connectivity index (χ1n) is 4.97. The lowest BCUT2D eigenvalue weighted by Gasteiger charge is -2.28. The molecule has 0 aromatic carbocycles. The second-order valence-electron chi connectivity index (χ2n) is 4.50. The van der Waals surface area contributed by atoms with Gasteiger partial charge in [-0.3, -0.25) is 0 Å². The van der Waals surface area contributed by atoms with Crippen LogP contribution in [0.3, 0.4) is 0 Å². The van der Waals surface area contributed by atoms with Crippen molar-refractivity contribution in [1.29, 1.82) is 0 Å². The van der Waals surface area contributed by atoms with Gasteiger partial charge in [0.25, 0.3) is 0 Å². The van der Waals surface area contributed by atoms with Crippen molar-refractivity contribution < 1.29 is 30.2 Å². The fourth-order valence-electron chi connectivity index (χ4n) is 1.13. The average Bonchev–Trinajstić information content (AvgIpc) is 1.97. The highest BCUT2D eigenvalue weighted by Gasteiger charge is 2.20. The smallest absolute Gasteiger partial charge is 0.245 e. The maximum absolute atomic E-state index is 12.4. The molecule has 0 saturated carbocycles. The first-order chi connectivity index (χ1) is 5.77. The van der Waals surface area contributed by atoms with E-state index in [0.29, 0.717) is 6.42 Å². The van der Waals surface area contributed by atoms with E-state index in [4.69, 9.17) is 0 Å². The van der Waals surface area contributed by atoms with Crippen LogP contribution in [0.25, 0.3) is 0 Å². The number of hydrogen-bond acceptors (Lipinski definition) is 0. The summed E-state index contributed by atoms with van der Waals surface area (Å²) in [7, 11) is 4.26. The predicted molar refractivity (Wildman–Crippen MR) is 52.0 cm³/mol.